The lowest BCUT2D eigenvalue weighted by Crippen LogP contribution is -2.15. The number of nitrogens with zero attached hydrogens (tertiary/aromatic N) is 2. The van der Waals surface area contributed by atoms with E-state index in [0.29, 0.717) is 0 Å². The molecule has 0 aliphatic heterocycles. The van der Waals surface area contributed by atoms with Crippen LogP contribution >= 0.6 is 0 Å². The van der Waals surface area contributed by atoms with Gasteiger partial charge in [0.25, 0.3) is 0 Å². The van der Waals surface area contributed by atoms with Gasteiger partial charge in [-0.2, -0.15) is 0 Å². The normalized spacial score (nSPS) is 10.4. The SMILES string of the molecule is COCc1ncc(C(=O)c2ccc(F)cc2)c(C(=O)O)n1. The summed E-state index contributed by atoms with van der Waals surface area (Å²) in [5, 5.41) is 9.15. The van der Waals surface area contributed by atoms with Crippen molar-refractivity contribution in [3.8, 4) is 0 Å². The molecule has 21 heavy (non-hydrogen) atoms. The highest BCUT2D eigenvalue weighted by Crippen LogP contribution is 2.14. The Balaban J connectivity index is 2.44. The predicted octanol–water partition coefficient (Wildman–Crippen LogP) is 1.69. The number of methoxy groups -OCH3 is 1. The van der Waals surface area contributed by atoms with Gasteiger partial charge < -0.3 is 9.84 Å². The summed E-state index contributed by atoms with van der Waals surface area (Å²) in [6.45, 7) is 0.0330. The van der Waals surface area contributed by atoms with Crippen molar-refractivity contribution in [3.63, 3.8) is 0 Å². The fourth-order valence-electron chi connectivity index (χ4n) is 1.70. The quantitative estimate of drug-likeness (QED) is 0.843. The zero-order chi connectivity index (χ0) is 15.4. The molecular weight excluding hydrogens is 279 g/mol. The van der Waals surface area contributed by atoms with Crippen LogP contribution in [-0.2, 0) is 11.3 Å². The Morgan fingerprint density at radius 2 is 1.95 bits per heavy atom. The van der Waals surface area contributed by atoms with Gasteiger partial charge in [-0.1, -0.05) is 0 Å². The molecule has 1 heterocycles. The van der Waals surface area contributed by atoms with Crippen molar-refractivity contribution in [1.82, 2.24) is 9.97 Å². The summed E-state index contributed by atoms with van der Waals surface area (Å²) >= 11 is 0. The van der Waals surface area contributed by atoms with Gasteiger partial charge in [0, 0.05) is 18.9 Å². The van der Waals surface area contributed by atoms with Crippen LogP contribution in [-0.4, -0.2) is 33.9 Å². The molecule has 7 heteroatoms. The van der Waals surface area contributed by atoms with E-state index in [0.717, 1.165) is 18.3 Å². The molecule has 1 N–H and O–H groups in total. The Hall–Kier alpha value is -2.67. The van der Waals surface area contributed by atoms with Crippen LogP contribution in [0.1, 0.15) is 32.2 Å². The number of benzene rings is 1. The maximum absolute atomic E-state index is 12.9. The smallest absolute Gasteiger partial charge is 0.355 e. The lowest BCUT2D eigenvalue weighted by atomic mass is 10.0. The molecule has 0 saturated carbocycles. The average Bonchev–Trinajstić information content (AvgIpc) is 2.47. The van der Waals surface area contributed by atoms with Gasteiger partial charge in [-0.25, -0.2) is 19.2 Å². The van der Waals surface area contributed by atoms with Gasteiger partial charge in [-0.05, 0) is 24.3 Å². The molecule has 0 spiro atoms. The summed E-state index contributed by atoms with van der Waals surface area (Å²) in [6, 6.07) is 4.78. The number of ketones is 1. The van der Waals surface area contributed by atoms with Gasteiger partial charge in [0.1, 0.15) is 12.4 Å². The third-order valence-electron chi connectivity index (χ3n) is 2.67. The van der Waals surface area contributed by atoms with Crippen LogP contribution in [0.15, 0.2) is 30.5 Å². The van der Waals surface area contributed by atoms with Crippen molar-refractivity contribution >= 4 is 11.8 Å². The van der Waals surface area contributed by atoms with Gasteiger partial charge in [0.05, 0.1) is 5.56 Å². The van der Waals surface area contributed by atoms with Crippen molar-refractivity contribution in [2.45, 2.75) is 6.61 Å². The lowest BCUT2D eigenvalue weighted by molar-refractivity contribution is 0.0684. The average molecular weight is 290 g/mol. The topological polar surface area (TPSA) is 89.4 Å². The highest BCUT2D eigenvalue weighted by molar-refractivity contribution is 6.13. The Morgan fingerprint density at radius 3 is 2.52 bits per heavy atom. The van der Waals surface area contributed by atoms with Crippen molar-refractivity contribution in [2.24, 2.45) is 0 Å². The monoisotopic (exact) mass is 290 g/mol. The summed E-state index contributed by atoms with van der Waals surface area (Å²) in [7, 11) is 1.42. The third-order valence-corrected chi connectivity index (χ3v) is 2.67. The van der Waals surface area contributed by atoms with Crippen LogP contribution in [0.4, 0.5) is 4.39 Å². The summed E-state index contributed by atoms with van der Waals surface area (Å²) < 4.78 is 17.7. The van der Waals surface area contributed by atoms with E-state index < -0.39 is 23.3 Å². The minimum absolute atomic E-state index is 0.0330. The first-order chi connectivity index (χ1) is 10.0. The van der Waals surface area contributed by atoms with Crippen LogP contribution < -0.4 is 0 Å². The molecule has 1 aromatic heterocycles. The zero-order valence-electron chi connectivity index (χ0n) is 11.0. The van der Waals surface area contributed by atoms with Crippen LogP contribution in [0.2, 0.25) is 0 Å². The van der Waals surface area contributed by atoms with E-state index in [2.05, 4.69) is 9.97 Å². The number of aromatic carboxylic acids is 1. The second-order valence-corrected chi connectivity index (χ2v) is 4.12. The van der Waals surface area contributed by atoms with E-state index >= 15 is 0 Å². The van der Waals surface area contributed by atoms with Crippen LogP contribution in [0.25, 0.3) is 0 Å². The first-order valence-electron chi connectivity index (χ1n) is 5.91. The van der Waals surface area contributed by atoms with E-state index in [1.165, 1.54) is 19.2 Å². The summed E-state index contributed by atoms with van der Waals surface area (Å²) in [4.78, 5) is 31.2. The number of carbonyl (C=O) groups excluding carboxylic acids is 1. The first kappa shape index (κ1) is 14.7. The summed E-state index contributed by atoms with van der Waals surface area (Å²) in [6.07, 6.45) is 1.14. The fourth-order valence-corrected chi connectivity index (χ4v) is 1.70. The largest absolute Gasteiger partial charge is 0.476 e. The number of hydrogen-bond acceptors (Lipinski definition) is 5. The van der Waals surface area contributed by atoms with E-state index in [9.17, 15) is 14.0 Å². The van der Waals surface area contributed by atoms with Crippen molar-refractivity contribution in [3.05, 3.63) is 58.9 Å². The zero-order valence-corrected chi connectivity index (χ0v) is 11.0. The number of carboxylic acids is 1. The molecule has 2 aromatic rings. The highest BCUT2D eigenvalue weighted by atomic mass is 19.1. The summed E-state index contributed by atoms with van der Waals surface area (Å²) in [5.74, 6) is -2.26. The Morgan fingerprint density at radius 1 is 1.29 bits per heavy atom. The summed E-state index contributed by atoms with van der Waals surface area (Å²) in [5.41, 5.74) is -0.415. The van der Waals surface area contributed by atoms with E-state index in [-0.39, 0.29) is 23.6 Å². The molecule has 0 fully saturated rings. The Kier molecular flexibility index (Phi) is 4.34. The van der Waals surface area contributed by atoms with E-state index in [4.69, 9.17) is 9.84 Å². The minimum Gasteiger partial charge on any atom is -0.476 e. The van der Waals surface area contributed by atoms with E-state index in [1.54, 1.807) is 0 Å². The molecule has 0 bridgehead atoms. The van der Waals surface area contributed by atoms with Gasteiger partial charge >= 0.3 is 5.97 Å². The first-order valence-corrected chi connectivity index (χ1v) is 5.91. The molecule has 0 atom stereocenters. The van der Waals surface area contributed by atoms with Gasteiger partial charge in [0.2, 0.25) is 0 Å². The molecule has 0 aliphatic carbocycles. The predicted molar refractivity (Wildman–Crippen MR) is 69.5 cm³/mol. The molecule has 0 amide bonds. The molecule has 0 saturated heterocycles. The van der Waals surface area contributed by atoms with Crippen molar-refractivity contribution in [1.29, 1.82) is 0 Å². The molecule has 0 unspecified atom stereocenters. The second-order valence-electron chi connectivity index (χ2n) is 4.12. The van der Waals surface area contributed by atoms with Crippen molar-refractivity contribution in [2.75, 3.05) is 7.11 Å². The van der Waals surface area contributed by atoms with E-state index in [1.807, 2.05) is 0 Å². The number of hydrogen-bond donors (Lipinski definition) is 1. The van der Waals surface area contributed by atoms with Gasteiger partial charge in [-0.15, -0.1) is 0 Å². The number of rotatable bonds is 5. The molecule has 1 aromatic carbocycles. The lowest BCUT2D eigenvalue weighted by Gasteiger charge is -2.06. The van der Waals surface area contributed by atoms with Crippen molar-refractivity contribution < 1.29 is 23.8 Å². The van der Waals surface area contributed by atoms with Gasteiger partial charge in [-0.3, -0.25) is 4.79 Å². The molecule has 108 valence electrons. The third kappa shape index (κ3) is 3.26. The van der Waals surface area contributed by atoms with Crippen LogP contribution in [0.3, 0.4) is 0 Å². The molecule has 0 aliphatic rings. The fraction of sp³-hybridized carbons (Fsp3) is 0.143. The number of carbonyl (C=O) groups is 2. The van der Waals surface area contributed by atoms with Crippen LogP contribution in [0, 0.1) is 5.82 Å². The molecule has 0 radical (unpaired) electrons. The molecular formula is C14H11FN2O4. The highest BCUT2D eigenvalue weighted by Gasteiger charge is 2.21. The maximum Gasteiger partial charge on any atom is 0.355 e. The van der Waals surface area contributed by atoms with Crippen LogP contribution in [0.5, 0.6) is 0 Å². The van der Waals surface area contributed by atoms with Gasteiger partial charge in [0.15, 0.2) is 17.3 Å². The Labute approximate surface area is 119 Å². The molecule has 2 rings (SSSR count). The second kappa shape index (κ2) is 6.19. The number of ether oxygens (including phenoxy) is 1. The number of carboxylic acid groups (broad SMARTS) is 1. The number of halogens is 1. The maximum atomic E-state index is 12.9. The number of aromatic nitrogens is 2. The molecule has 6 nitrogen and oxygen atoms in total. The standard InChI is InChI=1S/C14H11FN2O4/c1-21-7-11-16-6-10(12(17-11)14(19)20)13(18)8-2-4-9(15)5-3-8/h2-6H,7H2,1H3,(H,19,20). The Bertz CT molecular complexity index is 686. The minimum atomic E-state index is -1.35.